The van der Waals surface area contributed by atoms with Crippen molar-refractivity contribution in [3.05, 3.63) is 34.7 Å². The number of halogens is 1. The molecule has 2 aromatic rings. The fourth-order valence-corrected chi connectivity index (χ4v) is 1.72. The number of nitrogen functional groups attached to an aromatic ring is 1. The highest BCUT2D eigenvalue weighted by Crippen LogP contribution is 2.19. The van der Waals surface area contributed by atoms with E-state index in [2.05, 4.69) is 36.2 Å². The maximum atomic E-state index is 5.69. The third kappa shape index (κ3) is 3.78. The van der Waals surface area contributed by atoms with Gasteiger partial charge in [0.25, 0.3) is 5.88 Å². The van der Waals surface area contributed by atoms with Gasteiger partial charge < -0.3 is 15.8 Å². The Morgan fingerprint density at radius 2 is 2.26 bits per heavy atom. The average Bonchev–Trinajstić information content (AvgIpc) is 2.41. The molecule has 0 fully saturated rings. The van der Waals surface area contributed by atoms with Gasteiger partial charge in [0.1, 0.15) is 17.0 Å². The van der Waals surface area contributed by atoms with Crippen molar-refractivity contribution in [2.75, 3.05) is 17.6 Å². The van der Waals surface area contributed by atoms with Crippen molar-refractivity contribution in [3.63, 3.8) is 0 Å². The van der Waals surface area contributed by atoms with Crippen molar-refractivity contribution in [3.8, 4) is 5.88 Å². The second-order valence-corrected chi connectivity index (χ2v) is 4.56. The third-order valence-electron chi connectivity index (χ3n) is 2.30. The number of anilines is 2. The second-order valence-electron chi connectivity index (χ2n) is 3.75. The Morgan fingerprint density at radius 1 is 1.42 bits per heavy atom. The summed E-state index contributed by atoms with van der Waals surface area (Å²) in [6.07, 6.45) is 3.25. The number of ether oxygens (including phenoxy) is 1. The first-order valence-electron chi connectivity index (χ1n) is 5.78. The normalized spacial score (nSPS) is 10.2. The van der Waals surface area contributed by atoms with Crippen LogP contribution in [0.25, 0.3) is 0 Å². The predicted octanol–water partition coefficient (Wildman–Crippen LogP) is 2.23. The Hall–Kier alpha value is -1.89. The Morgan fingerprint density at radius 3 is 3.05 bits per heavy atom. The van der Waals surface area contributed by atoms with Gasteiger partial charge in [-0.05, 0) is 40.5 Å². The standard InChI is InChI=1S/C12H14BrN5O/c1-2-15-10-5-8(3-4-16-10)7-19-12-11(14)17-6-9(13)18-12/h3-6H,2,7H2,1H3,(H2,14,17)(H,15,16). The summed E-state index contributed by atoms with van der Waals surface area (Å²) in [5.41, 5.74) is 6.67. The van der Waals surface area contributed by atoms with Gasteiger partial charge in [-0.3, -0.25) is 0 Å². The maximum Gasteiger partial charge on any atom is 0.258 e. The van der Waals surface area contributed by atoms with E-state index < -0.39 is 0 Å². The van der Waals surface area contributed by atoms with Gasteiger partial charge in [0, 0.05) is 12.7 Å². The molecule has 0 saturated heterocycles. The first-order valence-corrected chi connectivity index (χ1v) is 6.58. The van der Waals surface area contributed by atoms with Crippen LogP contribution in [0.5, 0.6) is 5.88 Å². The van der Waals surface area contributed by atoms with Gasteiger partial charge in [0.05, 0.1) is 6.20 Å². The third-order valence-corrected chi connectivity index (χ3v) is 2.68. The minimum atomic E-state index is 0.268. The van der Waals surface area contributed by atoms with E-state index in [1.807, 2.05) is 19.1 Å². The van der Waals surface area contributed by atoms with Crippen LogP contribution in [-0.4, -0.2) is 21.5 Å². The molecule has 0 aliphatic rings. The van der Waals surface area contributed by atoms with Gasteiger partial charge in [-0.2, -0.15) is 0 Å². The fraction of sp³-hybridized carbons (Fsp3) is 0.250. The number of pyridine rings is 1. The molecule has 2 aromatic heterocycles. The molecule has 0 radical (unpaired) electrons. The molecule has 3 N–H and O–H groups in total. The van der Waals surface area contributed by atoms with Gasteiger partial charge >= 0.3 is 0 Å². The lowest BCUT2D eigenvalue weighted by molar-refractivity contribution is 0.294. The van der Waals surface area contributed by atoms with Crippen LogP contribution in [0.15, 0.2) is 29.1 Å². The first-order chi connectivity index (χ1) is 9.19. The Balaban J connectivity index is 2.05. The molecule has 0 aliphatic heterocycles. The summed E-state index contributed by atoms with van der Waals surface area (Å²) in [5, 5.41) is 3.14. The summed E-state index contributed by atoms with van der Waals surface area (Å²) in [5.74, 6) is 1.40. The van der Waals surface area contributed by atoms with Gasteiger partial charge in [-0.15, -0.1) is 0 Å². The molecule has 0 atom stereocenters. The van der Waals surface area contributed by atoms with E-state index in [-0.39, 0.29) is 5.82 Å². The number of nitrogens with zero attached hydrogens (tertiary/aromatic N) is 3. The second kappa shape index (κ2) is 6.33. The van der Waals surface area contributed by atoms with Gasteiger partial charge in [-0.1, -0.05) is 0 Å². The van der Waals surface area contributed by atoms with Crippen molar-refractivity contribution in [2.45, 2.75) is 13.5 Å². The minimum Gasteiger partial charge on any atom is -0.470 e. The monoisotopic (exact) mass is 323 g/mol. The quantitative estimate of drug-likeness (QED) is 0.877. The van der Waals surface area contributed by atoms with Crippen LogP contribution in [0, 0.1) is 0 Å². The van der Waals surface area contributed by atoms with E-state index in [0.717, 1.165) is 17.9 Å². The summed E-state index contributed by atoms with van der Waals surface area (Å²) < 4.78 is 6.14. The molecule has 0 spiro atoms. The Kier molecular flexibility index (Phi) is 4.51. The molecular formula is C12H14BrN5O. The summed E-state index contributed by atoms with van der Waals surface area (Å²) in [6.45, 7) is 3.19. The topological polar surface area (TPSA) is 86.0 Å². The van der Waals surface area contributed by atoms with Crippen LogP contribution >= 0.6 is 15.9 Å². The lowest BCUT2D eigenvalue weighted by Crippen LogP contribution is -2.04. The zero-order chi connectivity index (χ0) is 13.7. The van der Waals surface area contributed by atoms with Crippen molar-refractivity contribution >= 4 is 27.6 Å². The Labute approximate surface area is 119 Å². The van der Waals surface area contributed by atoms with E-state index in [4.69, 9.17) is 10.5 Å². The molecule has 0 saturated carbocycles. The molecule has 6 nitrogen and oxygen atoms in total. The molecule has 7 heteroatoms. The molecule has 0 unspecified atom stereocenters. The zero-order valence-corrected chi connectivity index (χ0v) is 12.0. The number of aromatic nitrogens is 3. The van der Waals surface area contributed by atoms with Crippen LogP contribution in [-0.2, 0) is 6.61 Å². The lowest BCUT2D eigenvalue weighted by atomic mass is 10.3. The van der Waals surface area contributed by atoms with E-state index in [0.29, 0.717) is 17.1 Å². The van der Waals surface area contributed by atoms with Gasteiger partial charge in [0.15, 0.2) is 5.82 Å². The number of nitrogens with two attached hydrogens (primary N) is 1. The first kappa shape index (κ1) is 13.5. The molecular weight excluding hydrogens is 310 g/mol. The average molecular weight is 324 g/mol. The molecule has 0 amide bonds. The predicted molar refractivity (Wildman–Crippen MR) is 76.9 cm³/mol. The van der Waals surface area contributed by atoms with E-state index in [1.165, 1.54) is 6.20 Å². The van der Waals surface area contributed by atoms with Crippen LogP contribution < -0.4 is 15.8 Å². The molecule has 0 aromatic carbocycles. The Bertz CT molecular complexity index is 564. The number of hydrogen-bond acceptors (Lipinski definition) is 6. The molecule has 2 heterocycles. The van der Waals surface area contributed by atoms with Gasteiger partial charge in [-0.25, -0.2) is 15.0 Å². The highest BCUT2D eigenvalue weighted by molar-refractivity contribution is 9.10. The highest BCUT2D eigenvalue weighted by atomic mass is 79.9. The van der Waals surface area contributed by atoms with Crippen LogP contribution in [0.3, 0.4) is 0 Å². The minimum absolute atomic E-state index is 0.268. The van der Waals surface area contributed by atoms with Crippen molar-refractivity contribution in [1.82, 2.24) is 15.0 Å². The van der Waals surface area contributed by atoms with Crippen molar-refractivity contribution in [1.29, 1.82) is 0 Å². The molecule has 0 bridgehead atoms. The molecule has 0 aliphatic carbocycles. The highest BCUT2D eigenvalue weighted by Gasteiger charge is 2.05. The van der Waals surface area contributed by atoms with Crippen LogP contribution in [0.4, 0.5) is 11.6 Å². The largest absolute Gasteiger partial charge is 0.470 e. The van der Waals surface area contributed by atoms with E-state index in [1.54, 1.807) is 6.20 Å². The van der Waals surface area contributed by atoms with Gasteiger partial charge in [0.2, 0.25) is 0 Å². The van der Waals surface area contributed by atoms with Crippen molar-refractivity contribution < 1.29 is 4.74 Å². The summed E-state index contributed by atoms with van der Waals surface area (Å²) in [6, 6.07) is 3.80. The van der Waals surface area contributed by atoms with Crippen LogP contribution in [0.1, 0.15) is 12.5 Å². The zero-order valence-electron chi connectivity index (χ0n) is 10.4. The maximum absolute atomic E-state index is 5.69. The fourth-order valence-electron chi connectivity index (χ4n) is 1.46. The van der Waals surface area contributed by atoms with Crippen molar-refractivity contribution in [2.24, 2.45) is 0 Å². The SMILES string of the molecule is CCNc1cc(COc2nc(Br)cnc2N)ccn1. The lowest BCUT2D eigenvalue weighted by Gasteiger charge is -2.08. The van der Waals surface area contributed by atoms with Crippen LogP contribution in [0.2, 0.25) is 0 Å². The molecule has 19 heavy (non-hydrogen) atoms. The smallest absolute Gasteiger partial charge is 0.258 e. The summed E-state index contributed by atoms with van der Waals surface area (Å²) >= 11 is 3.23. The summed E-state index contributed by atoms with van der Waals surface area (Å²) in [7, 11) is 0. The van der Waals surface area contributed by atoms with E-state index in [9.17, 15) is 0 Å². The molecule has 100 valence electrons. The van der Waals surface area contributed by atoms with E-state index >= 15 is 0 Å². The number of hydrogen-bond donors (Lipinski definition) is 2. The number of rotatable bonds is 5. The summed E-state index contributed by atoms with van der Waals surface area (Å²) in [4.78, 5) is 12.3. The molecule has 2 rings (SSSR count). The number of nitrogens with one attached hydrogen (secondary N) is 1.